The van der Waals surface area contributed by atoms with Gasteiger partial charge in [-0.3, -0.25) is 4.79 Å². The standard InChI is InChI=1S/C25H35NO4/c1-26(2)25(29)11-7-6-8-18-14-19-16-24(28)22(23(19)15-18)13-12-20(27)17-30-21-9-4-3-5-10-21/h3-5,9-10,12-14,19-20,22-24,27-28H,6-8,11,15-17H2,1-2H3/t19-,20-,22+,23-,24+/m0/s1. The van der Waals surface area contributed by atoms with Crippen molar-refractivity contribution in [3.05, 3.63) is 54.1 Å². The molecule has 2 aliphatic carbocycles. The first-order chi connectivity index (χ1) is 14.4. The highest BCUT2D eigenvalue weighted by atomic mass is 16.5. The maximum atomic E-state index is 11.7. The number of hydrogen-bond donors (Lipinski definition) is 2. The van der Waals surface area contributed by atoms with Crippen LogP contribution in [0.1, 0.15) is 38.5 Å². The first-order valence-corrected chi connectivity index (χ1v) is 11.1. The van der Waals surface area contributed by atoms with Gasteiger partial charge in [0.1, 0.15) is 18.5 Å². The lowest BCUT2D eigenvalue weighted by Gasteiger charge is -2.19. The molecule has 30 heavy (non-hydrogen) atoms. The normalized spacial score (nSPS) is 26.5. The summed E-state index contributed by atoms with van der Waals surface area (Å²) < 4.78 is 5.60. The molecule has 5 heteroatoms. The molecule has 2 N–H and O–H groups in total. The van der Waals surface area contributed by atoms with Gasteiger partial charge in [-0.2, -0.15) is 0 Å². The molecular weight excluding hydrogens is 378 g/mol. The molecule has 0 bridgehead atoms. The van der Waals surface area contributed by atoms with Crippen LogP contribution in [0.5, 0.6) is 5.75 Å². The first-order valence-electron chi connectivity index (χ1n) is 11.1. The van der Waals surface area contributed by atoms with E-state index >= 15 is 0 Å². The molecule has 2 aliphatic rings. The Balaban J connectivity index is 1.43. The smallest absolute Gasteiger partial charge is 0.222 e. The van der Waals surface area contributed by atoms with E-state index in [2.05, 4.69) is 6.08 Å². The molecule has 5 nitrogen and oxygen atoms in total. The number of carbonyl (C=O) groups excluding carboxylic acids is 1. The van der Waals surface area contributed by atoms with Crippen molar-refractivity contribution < 1.29 is 19.7 Å². The van der Waals surface area contributed by atoms with Gasteiger partial charge in [-0.15, -0.1) is 0 Å². The van der Waals surface area contributed by atoms with Crippen molar-refractivity contribution >= 4 is 5.91 Å². The fourth-order valence-electron chi connectivity index (χ4n) is 4.65. The van der Waals surface area contributed by atoms with Crippen LogP contribution in [0.4, 0.5) is 0 Å². The zero-order valence-corrected chi connectivity index (χ0v) is 18.1. The first kappa shape index (κ1) is 22.6. The number of carbonyl (C=O) groups is 1. The third kappa shape index (κ3) is 6.19. The van der Waals surface area contributed by atoms with Gasteiger partial charge in [-0.1, -0.05) is 42.0 Å². The van der Waals surface area contributed by atoms with E-state index in [0.717, 1.165) is 37.9 Å². The lowest BCUT2D eigenvalue weighted by Crippen LogP contribution is -2.21. The lowest BCUT2D eigenvalue weighted by atomic mass is 9.88. The van der Waals surface area contributed by atoms with Gasteiger partial charge >= 0.3 is 0 Å². The van der Waals surface area contributed by atoms with Gasteiger partial charge in [0, 0.05) is 26.4 Å². The van der Waals surface area contributed by atoms with Crippen LogP contribution in [0.15, 0.2) is 54.1 Å². The van der Waals surface area contributed by atoms with Crippen LogP contribution in [-0.2, 0) is 4.79 Å². The molecule has 5 atom stereocenters. The number of rotatable bonds is 10. The minimum atomic E-state index is -0.695. The zero-order chi connectivity index (χ0) is 21.5. The van der Waals surface area contributed by atoms with E-state index in [-0.39, 0.29) is 24.5 Å². The second-order valence-electron chi connectivity index (χ2n) is 8.81. The highest BCUT2D eigenvalue weighted by molar-refractivity contribution is 5.75. The highest BCUT2D eigenvalue weighted by Gasteiger charge is 2.43. The van der Waals surface area contributed by atoms with E-state index in [0.29, 0.717) is 18.3 Å². The third-order valence-corrected chi connectivity index (χ3v) is 6.31. The van der Waals surface area contributed by atoms with Crippen molar-refractivity contribution in [3.8, 4) is 5.75 Å². The number of fused-ring (bicyclic) bond motifs is 1. The molecular formula is C25H35NO4. The van der Waals surface area contributed by atoms with Crippen LogP contribution in [0.25, 0.3) is 0 Å². The molecule has 1 amide bonds. The van der Waals surface area contributed by atoms with Crippen LogP contribution >= 0.6 is 0 Å². The van der Waals surface area contributed by atoms with Gasteiger partial charge in [0.25, 0.3) is 0 Å². The molecule has 1 saturated carbocycles. The number of hydrogen-bond acceptors (Lipinski definition) is 4. The summed E-state index contributed by atoms with van der Waals surface area (Å²) in [6.07, 6.45) is 10.5. The predicted molar refractivity (Wildman–Crippen MR) is 118 cm³/mol. The molecule has 1 fully saturated rings. The molecule has 0 heterocycles. The minimum Gasteiger partial charge on any atom is -0.491 e. The monoisotopic (exact) mass is 413 g/mol. The number of unbranched alkanes of at least 4 members (excludes halogenated alkanes) is 1. The molecule has 0 spiro atoms. The fraction of sp³-hybridized carbons (Fsp3) is 0.560. The zero-order valence-electron chi connectivity index (χ0n) is 18.1. The molecule has 0 aliphatic heterocycles. The SMILES string of the molecule is CN(C)C(=O)CCCCC1=C[C@H]2C[C@@H](O)[C@H](C=C[C@H](O)COc3ccccc3)[C@H]2C1. The fourth-order valence-corrected chi connectivity index (χ4v) is 4.65. The summed E-state index contributed by atoms with van der Waals surface area (Å²) >= 11 is 0. The number of benzene rings is 1. The molecule has 1 aromatic carbocycles. The van der Waals surface area contributed by atoms with Crippen LogP contribution in [-0.4, -0.2) is 53.9 Å². The van der Waals surface area contributed by atoms with Crippen molar-refractivity contribution in [2.75, 3.05) is 20.7 Å². The van der Waals surface area contributed by atoms with Gasteiger partial charge in [0.15, 0.2) is 0 Å². The van der Waals surface area contributed by atoms with Crippen molar-refractivity contribution in [1.82, 2.24) is 4.90 Å². The van der Waals surface area contributed by atoms with Crippen LogP contribution in [0.3, 0.4) is 0 Å². The highest BCUT2D eigenvalue weighted by Crippen LogP contribution is 2.48. The second-order valence-corrected chi connectivity index (χ2v) is 8.81. The Labute approximate surface area is 180 Å². The third-order valence-electron chi connectivity index (χ3n) is 6.31. The summed E-state index contributed by atoms with van der Waals surface area (Å²) in [7, 11) is 3.60. The lowest BCUT2D eigenvalue weighted by molar-refractivity contribution is -0.128. The largest absolute Gasteiger partial charge is 0.491 e. The van der Waals surface area contributed by atoms with E-state index in [1.165, 1.54) is 5.57 Å². The van der Waals surface area contributed by atoms with Crippen molar-refractivity contribution in [2.45, 2.75) is 50.7 Å². The van der Waals surface area contributed by atoms with E-state index in [9.17, 15) is 15.0 Å². The predicted octanol–water partition coefficient (Wildman–Crippen LogP) is 3.57. The molecule has 3 rings (SSSR count). The van der Waals surface area contributed by atoms with E-state index in [4.69, 9.17) is 4.74 Å². The quantitative estimate of drug-likeness (QED) is 0.454. The average Bonchev–Trinajstić information content (AvgIpc) is 3.25. The molecule has 0 unspecified atom stereocenters. The van der Waals surface area contributed by atoms with Crippen molar-refractivity contribution in [1.29, 1.82) is 0 Å². The number of allylic oxidation sites excluding steroid dienone is 2. The van der Waals surface area contributed by atoms with E-state index in [1.807, 2.05) is 36.4 Å². The summed E-state index contributed by atoms with van der Waals surface area (Å²) in [5.74, 6) is 1.84. The second kappa shape index (κ2) is 10.8. The summed E-state index contributed by atoms with van der Waals surface area (Å²) in [5, 5.41) is 20.7. The van der Waals surface area contributed by atoms with Crippen LogP contribution in [0.2, 0.25) is 0 Å². The van der Waals surface area contributed by atoms with Crippen molar-refractivity contribution in [2.24, 2.45) is 17.8 Å². The molecule has 164 valence electrons. The van der Waals surface area contributed by atoms with Gasteiger partial charge < -0.3 is 19.8 Å². The number of amides is 1. The summed E-state index contributed by atoms with van der Waals surface area (Å²) in [6, 6.07) is 9.46. The van der Waals surface area contributed by atoms with Gasteiger partial charge in [-0.25, -0.2) is 0 Å². The molecule has 0 saturated heterocycles. The Morgan fingerprint density at radius 2 is 2.03 bits per heavy atom. The maximum absolute atomic E-state index is 11.7. The minimum absolute atomic E-state index is 0.0745. The van der Waals surface area contributed by atoms with E-state index in [1.54, 1.807) is 25.1 Å². The van der Waals surface area contributed by atoms with Crippen molar-refractivity contribution in [3.63, 3.8) is 0 Å². The Morgan fingerprint density at radius 3 is 2.77 bits per heavy atom. The number of para-hydroxylation sites is 1. The molecule has 1 aromatic rings. The Kier molecular flexibility index (Phi) is 8.11. The molecule has 0 radical (unpaired) electrons. The van der Waals surface area contributed by atoms with Gasteiger partial charge in [0.05, 0.1) is 6.10 Å². The maximum Gasteiger partial charge on any atom is 0.222 e. The molecule has 0 aromatic heterocycles. The summed E-state index contributed by atoms with van der Waals surface area (Å²) in [6.45, 7) is 0.201. The summed E-state index contributed by atoms with van der Waals surface area (Å²) in [4.78, 5) is 13.3. The topological polar surface area (TPSA) is 70.0 Å². The Morgan fingerprint density at radius 1 is 1.27 bits per heavy atom. The average molecular weight is 414 g/mol. The number of aliphatic hydroxyl groups is 2. The van der Waals surface area contributed by atoms with Gasteiger partial charge in [-0.05, 0) is 56.1 Å². The Bertz CT molecular complexity index is 743. The van der Waals surface area contributed by atoms with Crippen LogP contribution < -0.4 is 4.74 Å². The summed E-state index contributed by atoms with van der Waals surface area (Å²) in [5.41, 5.74) is 1.46. The Hall–Kier alpha value is -2.11. The van der Waals surface area contributed by atoms with E-state index < -0.39 is 6.10 Å². The number of nitrogens with zero attached hydrogens (tertiary/aromatic N) is 1. The number of aliphatic hydroxyl groups excluding tert-OH is 2. The van der Waals surface area contributed by atoms with Gasteiger partial charge in [0.2, 0.25) is 5.91 Å². The van der Waals surface area contributed by atoms with Crippen LogP contribution in [0, 0.1) is 17.8 Å². The number of ether oxygens (including phenoxy) is 1.